The van der Waals surface area contributed by atoms with Crippen molar-refractivity contribution in [3.8, 4) is 11.1 Å². The Morgan fingerprint density at radius 1 is 0.917 bits per heavy atom. The molecule has 0 fully saturated rings. The van der Waals surface area contributed by atoms with Gasteiger partial charge in [0.05, 0.1) is 0 Å². The lowest BCUT2D eigenvalue weighted by molar-refractivity contribution is -0.144. The number of aliphatic carboxylic acids is 1. The third kappa shape index (κ3) is 5.03. The van der Waals surface area contributed by atoms with Gasteiger partial charge in [-0.05, 0) is 70.0 Å². The van der Waals surface area contributed by atoms with E-state index in [4.69, 9.17) is 0 Å². The average Bonchev–Trinajstić information content (AvgIpc) is 3.13. The third-order valence-corrected chi connectivity index (χ3v) is 6.65. The van der Waals surface area contributed by atoms with Crippen LogP contribution in [-0.2, 0) is 16.8 Å². The summed E-state index contributed by atoms with van der Waals surface area (Å²) in [7, 11) is 0. The first kappa shape index (κ1) is 25.2. The van der Waals surface area contributed by atoms with Gasteiger partial charge in [-0.1, -0.05) is 65.0 Å². The smallest absolute Gasteiger partial charge is 0.326 e. The molecule has 1 aliphatic heterocycles. The molecule has 0 aromatic heterocycles. The summed E-state index contributed by atoms with van der Waals surface area (Å²) in [6, 6.07) is 19.9. The Hall–Kier alpha value is -3.93. The Kier molecular flexibility index (Phi) is 6.72. The SMILES string of the molecule is CC(C)[C@@H](C(=O)O)N1Cc2cc(-c3ccc(NC(=O)c4ccc(C(C)(C)C)cc4)cc3)ccc2C1=O. The van der Waals surface area contributed by atoms with E-state index in [9.17, 15) is 19.5 Å². The minimum Gasteiger partial charge on any atom is -0.480 e. The van der Waals surface area contributed by atoms with Crippen LogP contribution in [0.1, 0.15) is 66.5 Å². The summed E-state index contributed by atoms with van der Waals surface area (Å²) in [5.74, 6) is -1.60. The Labute approximate surface area is 212 Å². The molecule has 1 aliphatic rings. The number of carboxylic acids is 1. The van der Waals surface area contributed by atoms with E-state index in [2.05, 4.69) is 26.1 Å². The molecule has 0 saturated carbocycles. The highest BCUT2D eigenvalue weighted by Gasteiger charge is 2.38. The molecular formula is C30H32N2O4. The van der Waals surface area contributed by atoms with Crippen molar-refractivity contribution in [3.05, 3.63) is 89.0 Å². The van der Waals surface area contributed by atoms with Gasteiger partial charge in [0.1, 0.15) is 6.04 Å². The van der Waals surface area contributed by atoms with Crippen molar-refractivity contribution in [2.24, 2.45) is 5.92 Å². The molecule has 186 valence electrons. The molecule has 36 heavy (non-hydrogen) atoms. The molecule has 2 N–H and O–H groups in total. The first-order chi connectivity index (χ1) is 17.0. The van der Waals surface area contributed by atoms with E-state index in [1.54, 1.807) is 6.07 Å². The van der Waals surface area contributed by atoms with Crippen LogP contribution in [0.5, 0.6) is 0 Å². The van der Waals surface area contributed by atoms with Crippen molar-refractivity contribution in [1.29, 1.82) is 0 Å². The monoisotopic (exact) mass is 484 g/mol. The molecule has 0 bridgehead atoms. The van der Waals surface area contributed by atoms with E-state index in [0.29, 0.717) is 16.8 Å². The maximum Gasteiger partial charge on any atom is 0.326 e. The summed E-state index contributed by atoms with van der Waals surface area (Å²) in [4.78, 5) is 38.7. The van der Waals surface area contributed by atoms with Crippen molar-refractivity contribution >= 4 is 23.5 Å². The van der Waals surface area contributed by atoms with Crippen LogP contribution in [0, 0.1) is 5.92 Å². The van der Waals surface area contributed by atoms with Gasteiger partial charge in [0.2, 0.25) is 0 Å². The Balaban J connectivity index is 1.48. The summed E-state index contributed by atoms with van der Waals surface area (Å²) in [5, 5.41) is 12.6. The fourth-order valence-corrected chi connectivity index (χ4v) is 4.60. The number of carboxylic acid groups (broad SMARTS) is 1. The first-order valence-electron chi connectivity index (χ1n) is 12.1. The van der Waals surface area contributed by atoms with Crippen LogP contribution in [0.2, 0.25) is 0 Å². The zero-order valence-electron chi connectivity index (χ0n) is 21.3. The lowest BCUT2D eigenvalue weighted by Crippen LogP contribution is -2.44. The largest absolute Gasteiger partial charge is 0.480 e. The standard InChI is InChI=1S/C30H32N2O4/c1-18(2)26(29(35)36)32-17-22-16-21(10-15-25(22)28(32)34)19-8-13-24(14-9-19)31-27(33)20-6-11-23(12-7-20)30(3,4)5/h6-16,18,26H,17H2,1-5H3,(H,31,33)(H,35,36)/t26-/m0/s1. The molecule has 0 radical (unpaired) electrons. The van der Waals surface area contributed by atoms with Crippen LogP contribution < -0.4 is 5.32 Å². The highest BCUT2D eigenvalue weighted by Crippen LogP contribution is 2.32. The van der Waals surface area contributed by atoms with Crippen LogP contribution in [0.3, 0.4) is 0 Å². The van der Waals surface area contributed by atoms with Gasteiger partial charge in [0, 0.05) is 23.4 Å². The maximum absolute atomic E-state index is 12.8. The number of carbonyl (C=O) groups is 3. The van der Waals surface area contributed by atoms with Crippen molar-refractivity contribution < 1.29 is 19.5 Å². The minimum absolute atomic E-state index is 0.0281. The van der Waals surface area contributed by atoms with Crippen LogP contribution >= 0.6 is 0 Å². The van der Waals surface area contributed by atoms with Crippen LogP contribution in [-0.4, -0.2) is 33.8 Å². The maximum atomic E-state index is 12.8. The Morgan fingerprint density at radius 3 is 2.08 bits per heavy atom. The topological polar surface area (TPSA) is 86.7 Å². The number of hydrogen-bond donors (Lipinski definition) is 2. The molecule has 2 amide bonds. The number of rotatable bonds is 6. The molecule has 1 heterocycles. The van der Waals surface area contributed by atoms with E-state index in [1.807, 2.05) is 74.5 Å². The third-order valence-electron chi connectivity index (χ3n) is 6.65. The van der Waals surface area contributed by atoms with Gasteiger partial charge in [0.15, 0.2) is 0 Å². The van der Waals surface area contributed by atoms with E-state index in [1.165, 1.54) is 10.5 Å². The quantitative estimate of drug-likeness (QED) is 0.451. The van der Waals surface area contributed by atoms with Crippen molar-refractivity contribution in [1.82, 2.24) is 4.90 Å². The number of carbonyl (C=O) groups excluding carboxylic acids is 2. The molecule has 4 rings (SSSR count). The van der Waals surface area contributed by atoms with Crippen LogP contribution in [0.25, 0.3) is 11.1 Å². The van der Waals surface area contributed by atoms with Gasteiger partial charge in [0.25, 0.3) is 11.8 Å². The van der Waals surface area contributed by atoms with E-state index in [0.717, 1.165) is 16.7 Å². The average molecular weight is 485 g/mol. The molecule has 0 aliphatic carbocycles. The molecule has 0 unspecified atom stereocenters. The highest BCUT2D eigenvalue weighted by atomic mass is 16.4. The molecule has 0 spiro atoms. The van der Waals surface area contributed by atoms with Gasteiger partial charge in [-0.3, -0.25) is 9.59 Å². The Bertz CT molecular complexity index is 1300. The lowest BCUT2D eigenvalue weighted by atomic mass is 9.87. The van der Waals surface area contributed by atoms with Gasteiger partial charge in [-0.15, -0.1) is 0 Å². The highest BCUT2D eigenvalue weighted by molar-refractivity contribution is 6.04. The second-order valence-electron chi connectivity index (χ2n) is 10.7. The van der Waals surface area contributed by atoms with Gasteiger partial charge >= 0.3 is 5.97 Å². The van der Waals surface area contributed by atoms with E-state index < -0.39 is 12.0 Å². The van der Waals surface area contributed by atoms with Crippen LogP contribution in [0.15, 0.2) is 66.7 Å². The molecule has 0 saturated heterocycles. The summed E-state index contributed by atoms with van der Waals surface area (Å²) < 4.78 is 0. The number of fused-ring (bicyclic) bond motifs is 1. The Morgan fingerprint density at radius 2 is 1.53 bits per heavy atom. The molecule has 1 atom stereocenters. The molecule has 6 nitrogen and oxygen atoms in total. The van der Waals surface area contributed by atoms with Gasteiger partial charge in [-0.25, -0.2) is 4.79 Å². The number of nitrogens with zero attached hydrogens (tertiary/aromatic N) is 1. The summed E-state index contributed by atoms with van der Waals surface area (Å²) in [6.07, 6.45) is 0. The van der Waals surface area contributed by atoms with Crippen LogP contribution in [0.4, 0.5) is 5.69 Å². The number of anilines is 1. The second kappa shape index (κ2) is 9.61. The van der Waals surface area contributed by atoms with Gasteiger partial charge in [-0.2, -0.15) is 0 Å². The van der Waals surface area contributed by atoms with E-state index >= 15 is 0 Å². The predicted molar refractivity (Wildman–Crippen MR) is 141 cm³/mol. The summed E-state index contributed by atoms with van der Waals surface area (Å²) in [5.41, 5.74) is 5.72. The number of amides is 2. The zero-order chi connectivity index (χ0) is 26.2. The summed E-state index contributed by atoms with van der Waals surface area (Å²) >= 11 is 0. The zero-order valence-corrected chi connectivity index (χ0v) is 21.3. The lowest BCUT2D eigenvalue weighted by Gasteiger charge is -2.27. The van der Waals surface area contributed by atoms with E-state index in [-0.39, 0.29) is 29.7 Å². The fourth-order valence-electron chi connectivity index (χ4n) is 4.60. The number of benzene rings is 3. The second-order valence-corrected chi connectivity index (χ2v) is 10.7. The van der Waals surface area contributed by atoms with Crippen molar-refractivity contribution in [2.75, 3.05) is 5.32 Å². The normalized spacial score (nSPS) is 14.1. The van der Waals surface area contributed by atoms with Crippen molar-refractivity contribution in [3.63, 3.8) is 0 Å². The molecule has 3 aromatic carbocycles. The number of nitrogens with one attached hydrogen (secondary N) is 1. The summed E-state index contributed by atoms with van der Waals surface area (Å²) in [6.45, 7) is 10.3. The minimum atomic E-state index is -0.992. The van der Waals surface area contributed by atoms with Crippen molar-refractivity contribution in [2.45, 2.75) is 52.6 Å². The molecular weight excluding hydrogens is 452 g/mol. The molecule has 3 aromatic rings. The first-order valence-corrected chi connectivity index (χ1v) is 12.1. The fraction of sp³-hybridized carbons (Fsp3) is 0.300. The van der Waals surface area contributed by atoms with Gasteiger partial charge < -0.3 is 15.3 Å². The molecule has 6 heteroatoms. The number of hydrogen-bond acceptors (Lipinski definition) is 3. The predicted octanol–water partition coefficient (Wildman–Crippen LogP) is 5.97.